The molecule has 3 rings (SSSR count). The number of amides is 1. The van der Waals surface area contributed by atoms with Crippen molar-refractivity contribution in [3.63, 3.8) is 0 Å². The van der Waals surface area contributed by atoms with E-state index in [4.69, 9.17) is 5.11 Å². The molecule has 0 aliphatic carbocycles. The summed E-state index contributed by atoms with van der Waals surface area (Å²) in [5.41, 5.74) is 0. The third-order valence-electron chi connectivity index (χ3n) is 4.91. The minimum atomic E-state index is -3.83. The van der Waals surface area contributed by atoms with Crippen molar-refractivity contribution in [2.45, 2.75) is 37.0 Å². The van der Waals surface area contributed by atoms with E-state index < -0.39 is 16.0 Å². The van der Waals surface area contributed by atoms with Gasteiger partial charge in [0, 0.05) is 32.1 Å². The lowest BCUT2D eigenvalue weighted by Crippen LogP contribution is -2.45. The third kappa shape index (κ3) is 3.73. The molecule has 1 amide bonds. The number of likely N-dealkylation sites (tertiary alicyclic amines) is 1. The van der Waals surface area contributed by atoms with E-state index >= 15 is 0 Å². The topological polar surface area (TPSA) is 95.0 Å². The number of hydrogen-bond acceptors (Lipinski definition) is 5. The third-order valence-corrected chi connectivity index (χ3v) is 7.88. The van der Waals surface area contributed by atoms with Crippen LogP contribution in [0.25, 0.3) is 0 Å². The largest absolute Gasteiger partial charge is 0.477 e. The van der Waals surface area contributed by atoms with Crippen molar-refractivity contribution < 1.29 is 23.1 Å². The van der Waals surface area contributed by atoms with Gasteiger partial charge in [0.15, 0.2) is 0 Å². The molecule has 1 aromatic heterocycles. The minimum absolute atomic E-state index is 0.133. The second kappa shape index (κ2) is 7.43. The molecule has 138 valence electrons. The molecule has 7 nitrogen and oxygen atoms in total. The number of nitrogens with zero attached hydrogens (tertiary/aromatic N) is 2. The summed E-state index contributed by atoms with van der Waals surface area (Å²) < 4.78 is 26.8. The molecule has 0 saturated carbocycles. The maximum absolute atomic E-state index is 12.7. The van der Waals surface area contributed by atoms with E-state index in [9.17, 15) is 18.0 Å². The number of sulfonamides is 1. The minimum Gasteiger partial charge on any atom is -0.477 e. The monoisotopic (exact) mass is 386 g/mol. The van der Waals surface area contributed by atoms with Crippen molar-refractivity contribution in [1.29, 1.82) is 0 Å². The van der Waals surface area contributed by atoms with Gasteiger partial charge in [-0.15, -0.1) is 11.3 Å². The average Bonchev–Trinajstić information content (AvgIpc) is 3.13. The van der Waals surface area contributed by atoms with Crippen LogP contribution in [0.15, 0.2) is 16.3 Å². The van der Waals surface area contributed by atoms with Crippen molar-refractivity contribution in [3.8, 4) is 0 Å². The number of piperidine rings is 2. The molecule has 2 fully saturated rings. The van der Waals surface area contributed by atoms with Crippen LogP contribution in [0, 0.1) is 5.92 Å². The lowest BCUT2D eigenvalue weighted by atomic mass is 9.95. The van der Waals surface area contributed by atoms with Gasteiger partial charge in [-0.3, -0.25) is 4.79 Å². The van der Waals surface area contributed by atoms with Gasteiger partial charge < -0.3 is 10.0 Å². The molecule has 1 aromatic rings. The maximum Gasteiger partial charge on any atom is 0.347 e. The summed E-state index contributed by atoms with van der Waals surface area (Å²) in [5, 5.41) is 10.6. The van der Waals surface area contributed by atoms with Crippen LogP contribution in [-0.2, 0) is 14.8 Å². The highest BCUT2D eigenvalue weighted by atomic mass is 32.2. The van der Waals surface area contributed by atoms with Gasteiger partial charge in [-0.2, -0.15) is 4.31 Å². The SMILES string of the molecule is O=C(O)c1sccc1S(=O)(=O)N1CCC(C(=O)N2CCCCC2)CC1. The van der Waals surface area contributed by atoms with E-state index in [1.807, 2.05) is 4.90 Å². The molecule has 2 aliphatic rings. The summed E-state index contributed by atoms with van der Waals surface area (Å²) in [6.07, 6.45) is 4.21. The highest BCUT2D eigenvalue weighted by Gasteiger charge is 2.36. The first-order valence-corrected chi connectivity index (χ1v) is 10.8. The fourth-order valence-corrected chi connectivity index (χ4v) is 6.21. The Morgan fingerprint density at radius 1 is 1.08 bits per heavy atom. The molecule has 25 heavy (non-hydrogen) atoms. The summed E-state index contributed by atoms with van der Waals surface area (Å²) >= 11 is 0.907. The second-order valence-electron chi connectivity index (χ2n) is 6.48. The van der Waals surface area contributed by atoms with Crippen molar-refractivity contribution in [3.05, 3.63) is 16.3 Å². The van der Waals surface area contributed by atoms with Gasteiger partial charge in [0.05, 0.1) is 0 Å². The van der Waals surface area contributed by atoms with E-state index in [2.05, 4.69) is 0 Å². The van der Waals surface area contributed by atoms with Crippen molar-refractivity contribution in [2.75, 3.05) is 26.2 Å². The molecule has 2 aliphatic heterocycles. The zero-order valence-electron chi connectivity index (χ0n) is 13.9. The highest BCUT2D eigenvalue weighted by Crippen LogP contribution is 2.29. The molecule has 0 unspecified atom stereocenters. The molecule has 0 spiro atoms. The number of carbonyl (C=O) groups is 2. The predicted molar refractivity (Wildman–Crippen MR) is 93.2 cm³/mol. The summed E-state index contributed by atoms with van der Waals surface area (Å²) in [5.74, 6) is -1.23. The van der Waals surface area contributed by atoms with Crippen LogP contribution < -0.4 is 0 Å². The van der Waals surface area contributed by atoms with Gasteiger partial charge in [-0.1, -0.05) is 0 Å². The number of carbonyl (C=O) groups excluding carboxylic acids is 1. The van der Waals surface area contributed by atoms with Crippen molar-refractivity contribution in [1.82, 2.24) is 9.21 Å². The van der Waals surface area contributed by atoms with E-state index in [0.717, 1.165) is 43.7 Å². The molecule has 0 aromatic carbocycles. The van der Waals surface area contributed by atoms with E-state index in [-0.39, 0.29) is 34.7 Å². The number of carboxylic acids is 1. The zero-order chi connectivity index (χ0) is 18.0. The Balaban J connectivity index is 1.66. The van der Waals surface area contributed by atoms with E-state index in [1.165, 1.54) is 15.8 Å². The molecule has 0 radical (unpaired) electrons. The van der Waals surface area contributed by atoms with Crippen LogP contribution in [0.3, 0.4) is 0 Å². The number of hydrogen-bond donors (Lipinski definition) is 1. The van der Waals surface area contributed by atoms with Crippen molar-refractivity contribution >= 4 is 33.2 Å². The molecule has 2 saturated heterocycles. The summed E-state index contributed by atoms with van der Waals surface area (Å²) in [6, 6.07) is 1.34. The van der Waals surface area contributed by atoms with Gasteiger partial charge in [0.25, 0.3) is 0 Å². The number of aromatic carboxylic acids is 1. The zero-order valence-corrected chi connectivity index (χ0v) is 15.5. The molecule has 0 bridgehead atoms. The Morgan fingerprint density at radius 3 is 2.32 bits per heavy atom. The maximum atomic E-state index is 12.7. The Bertz CT molecular complexity index is 744. The lowest BCUT2D eigenvalue weighted by Gasteiger charge is -2.35. The van der Waals surface area contributed by atoms with Crippen LogP contribution in [0.1, 0.15) is 41.8 Å². The van der Waals surface area contributed by atoms with Gasteiger partial charge in [-0.05, 0) is 43.6 Å². The predicted octanol–water partition coefficient (Wildman–Crippen LogP) is 1.86. The van der Waals surface area contributed by atoms with Crippen LogP contribution >= 0.6 is 11.3 Å². The summed E-state index contributed by atoms with van der Waals surface area (Å²) in [6.45, 7) is 2.10. The lowest BCUT2D eigenvalue weighted by molar-refractivity contribution is -0.137. The van der Waals surface area contributed by atoms with E-state index in [0.29, 0.717) is 12.8 Å². The summed E-state index contributed by atoms with van der Waals surface area (Å²) in [7, 11) is -3.83. The number of thiophene rings is 1. The Kier molecular flexibility index (Phi) is 5.45. The fourth-order valence-electron chi connectivity index (χ4n) is 3.51. The van der Waals surface area contributed by atoms with Gasteiger partial charge in [0.2, 0.25) is 15.9 Å². The quantitative estimate of drug-likeness (QED) is 0.852. The normalized spacial score (nSPS) is 20.6. The Labute approximate surface area is 151 Å². The molecular formula is C16H22N2O5S2. The first-order chi connectivity index (χ1) is 11.9. The van der Waals surface area contributed by atoms with Crippen molar-refractivity contribution in [2.24, 2.45) is 5.92 Å². The average molecular weight is 386 g/mol. The Morgan fingerprint density at radius 2 is 1.72 bits per heavy atom. The first-order valence-electron chi connectivity index (χ1n) is 8.51. The van der Waals surface area contributed by atoms with Crippen LogP contribution in [0.5, 0.6) is 0 Å². The summed E-state index contributed by atoms with van der Waals surface area (Å²) in [4.78, 5) is 25.4. The van der Waals surface area contributed by atoms with Crippen LogP contribution in [0.4, 0.5) is 0 Å². The van der Waals surface area contributed by atoms with Crippen LogP contribution in [0.2, 0.25) is 0 Å². The molecule has 1 N–H and O–H groups in total. The fraction of sp³-hybridized carbons (Fsp3) is 0.625. The first kappa shape index (κ1) is 18.3. The molecular weight excluding hydrogens is 364 g/mol. The highest BCUT2D eigenvalue weighted by molar-refractivity contribution is 7.89. The Hall–Kier alpha value is -1.45. The van der Waals surface area contributed by atoms with Gasteiger partial charge in [-0.25, -0.2) is 13.2 Å². The van der Waals surface area contributed by atoms with E-state index in [1.54, 1.807) is 0 Å². The number of rotatable bonds is 4. The van der Waals surface area contributed by atoms with Gasteiger partial charge in [0.1, 0.15) is 9.77 Å². The second-order valence-corrected chi connectivity index (χ2v) is 9.31. The standard InChI is InChI=1S/C16H22N2O5S2/c19-15(17-7-2-1-3-8-17)12-4-9-18(10-5-12)25(22,23)13-6-11-24-14(13)16(20)21/h6,11-12H,1-5,7-10H2,(H,20,21). The smallest absolute Gasteiger partial charge is 0.347 e. The number of carboxylic acid groups (broad SMARTS) is 1. The molecule has 3 heterocycles. The molecule has 0 atom stereocenters. The van der Waals surface area contributed by atoms with Crippen LogP contribution in [-0.4, -0.2) is 60.8 Å². The molecule has 9 heteroatoms. The van der Waals surface area contributed by atoms with Gasteiger partial charge >= 0.3 is 5.97 Å².